The van der Waals surface area contributed by atoms with E-state index in [0.29, 0.717) is 29.4 Å². The van der Waals surface area contributed by atoms with Gasteiger partial charge in [0.15, 0.2) is 17.2 Å². The second-order valence-corrected chi connectivity index (χ2v) is 9.00. The molecule has 0 aliphatic carbocycles. The van der Waals surface area contributed by atoms with E-state index in [-0.39, 0.29) is 34.0 Å². The molecule has 5 rings (SSSR count). The van der Waals surface area contributed by atoms with E-state index in [4.69, 9.17) is 5.73 Å². The summed E-state index contributed by atoms with van der Waals surface area (Å²) in [6.07, 6.45) is 0. The molecule has 2 aromatic carbocycles. The van der Waals surface area contributed by atoms with E-state index < -0.39 is 23.2 Å². The zero-order chi connectivity index (χ0) is 28.9. The third-order valence-electron chi connectivity index (χ3n) is 6.39. The molecule has 0 fully saturated rings. The maximum Gasteiger partial charge on any atom is 0.350 e. The Kier molecular flexibility index (Phi) is 6.37. The Morgan fingerprint density at radius 2 is 1.75 bits per heavy atom. The van der Waals surface area contributed by atoms with E-state index >= 15 is 0 Å². The highest BCUT2D eigenvalue weighted by atomic mass is 19.1. The van der Waals surface area contributed by atoms with Crippen LogP contribution in [-0.4, -0.2) is 45.3 Å². The SMILES string of the molecule is CCn1c(-c2ccc(-n3c(C)nn(C)c3=O)cc2)nn2c(=O)c(C)nc(C(=O)Nc3ccc(F)c(C(N)=O)c3)c12. The average Bonchev–Trinajstić information content (AvgIpc) is 3.43. The van der Waals surface area contributed by atoms with E-state index in [0.717, 1.165) is 16.6 Å². The Balaban J connectivity index is 1.61. The maximum atomic E-state index is 13.9. The molecule has 2 amide bonds. The second kappa shape index (κ2) is 9.72. The number of halogens is 1. The van der Waals surface area contributed by atoms with Crippen LogP contribution >= 0.6 is 0 Å². The van der Waals surface area contributed by atoms with Gasteiger partial charge in [0.2, 0.25) is 0 Å². The molecule has 3 heterocycles. The molecule has 14 heteroatoms. The lowest BCUT2D eigenvalue weighted by Gasteiger charge is -2.10. The number of aromatic nitrogens is 7. The van der Waals surface area contributed by atoms with Crippen molar-refractivity contribution in [3.05, 3.63) is 91.9 Å². The number of benzene rings is 2. The van der Waals surface area contributed by atoms with Crippen LogP contribution in [0.4, 0.5) is 10.1 Å². The lowest BCUT2D eigenvalue weighted by atomic mass is 10.1. The van der Waals surface area contributed by atoms with Gasteiger partial charge in [-0.25, -0.2) is 23.4 Å². The first-order valence-electron chi connectivity index (χ1n) is 12.2. The van der Waals surface area contributed by atoms with Gasteiger partial charge in [-0.15, -0.1) is 5.10 Å². The molecule has 5 aromatic rings. The summed E-state index contributed by atoms with van der Waals surface area (Å²) < 4.78 is 19.4. The molecule has 0 aliphatic heterocycles. The second-order valence-electron chi connectivity index (χ2n) is 9.00. The summed E-state index contributed by atoms with van der Waals surface area (Å²) in [6.45, 7) is 5.33. The minimum absolute atomic E-state index is 0.0358. The van der Waals surface area contributed by atoms with Crippen molar-refractivity contribution in [2.75, 3.05) is 5.32 Å². The predicted molar refractivity (Wildman–Crippen MR) is 143 cm³/mol. The number of hydrogen-bond donors (Lipinski definition) is 2. The summed E-state index contributed by atoms with van der Waals surface area (Å²) in [6, 6.07) is 10.4. The number of nitrogens with one attached hydrogen (secondary N) is 1. The van der Waals surface area contributed by atoms with Crippen LogP contribution in [0.5, 0.6) is 0 Å². The minimum Gasteiger partial charge on any atom is -0.366 e. The van der Waals surface area contributed by atoms with Gasteiger partial charge in [-0.05, 0) is 63.2 Å². The van der Waals surface area contributed by atoms with Crippen molar-refractivity contribution < 1.29 is 14.0 Å². The van der Waals surface area contributed by atoms with Crippen LogP contribution < -0.4 is 22.3 Å². The molecule has 0 saturated carbocycles. The van der Waals surface area contributed by atoms with E-state index in [2.05, 4.69) is 20.5 Å². The van der Waals surface area contributed by atoms with E-state index in [1.165, 1.54) is 22.2 Å². The molecule has 0 aliphatic rings. The van der Waals surface area contributed by atoms with E-state index in [1.807, 2.05) is 6.92 Å². The molecule has 0 saturated heterocycles. The van der Waals surface area contributed by atoms with Crippen LogP contribution in [0.25, 0.3) is 22.7 Å². The Bertz CT molecular complexity index is 1950. The molecule has 0 radical (unpaired) electrons. The number of rotatable bonds is 6. The average molecular weight is 546 g/mol. The van der Waals surface area contributed by atoms with Crippen LogP contribution in [0.3, 0.4) is 0 Å². The predicted octanol–water partition coefficient (Wildman–Crippen LogP) is 1.57. The van der Waals surface area contributed by atoms with Crippen LogP contribution in [0, 0.1) is 19.7 Å². The van der Waals surface area contributed by atoms with Gasteiger partial charge >= 0.3 is 5.69 Å². The largest absolute Gasteiger partial charge is 0.366 e. The Morgan fingerprint density at radius 1 is 1.05 bits per heavy atom. The number of anilines is 1. The van der Waals surface area contributed by atoms with Crippen molar-refractivity contribution in [3.8, 4) is 17.1 Å². The highest BCUT2D eigenvalue weighted by molar-refractivity contribution is 6.07. The maximum absolute atomic E-state index is 13.9. The van der Waals surface area contributed by atoms with Crippen LogP contribution in [0.2, 0.25) is 0 Å². The molecule has 40 heavy (non-hydrogen) atoms. The fourth-order valence-corrected chi connectivity index (χ4v) is 4.49. The first kappa shape index (κ1) is 26.2. The van der Waals surface area contributed by atoms with Crippen LogP contribution in [0.1, 0.15) is 39.3 Å². The number of nitrogens with zero attached hydrogens (tertiary/aromatic N) is 7. The molecule has 0 atom stereocenters. The molecule has 204 valence electrons. The monoisotopic (exact) mass is 545 g/mol. The van der Waals surface area contributed by atoms with Crippen molar-refractivity contribution in [1.29, 1.82) is 0 Å². The number of carbonyl (C=O) groups excluding carboxylic acids is 2. The minimum atomic E-state index is -0.987. The van der Waals surface area contributed by atoms with Gasteiger partial charge in [0, 0.05) is 24.8 Å². The van der Waals surface area contributed by atoms with Crippen molar-refractivity contribution in [3.63, 3.8) is 0 Å². The van der Waals surface area contributed by atoms with Crippen molar-refractivity contribution >= 4 is 23.1 Å². The normalized spacial score (nSPS) is 11.2. The zero-order valence-electron chi connectivity index (χ0n) is 22.0. The van der Waals surface area contributed by atoms with Gasteiger partial charge in [0.05, 0.1) is 11.3 Å². The third kappa shape index (κ3) is 4.24. The smallest absolute Gasteiger partial charge is 0.350 e. The first-order chi connectivity index (χ1) is 19.0. The van der Waals surface area contributed by atoms with Crippen LogP contribution in [-0.2, 0) is 13.6 Å². The number of amides is 2. The standard InChI is InChI=1S/C26H24FN9O4/c1-5-34-22(15-6-9-17(10-7-15)35-14(3)31-33(4)26(35)40)32-36-24(34)20(29-13(2)25(36)39)23(38)30-16-8-11-19(27)18(12-16)21(28)37/h6-12H,5H2,1-4H3,(H2,28,37)(H,30,38). The van der Waals surface area contributed by atoms with Crippen molar-refractivity contribution in [1.82, 2.24) is 33.5 Å². The van der Waals surface area contributed by atoms with E-state index in [1.54, 1.807) is 42.8 Å². The lowest BCUT2D eigenvalue weighted by molar-refractivity contribution is 0.0992. The highest BCUT2D eigenvalue weighted by Crippen LogP contribution is 2.24. The van der Waals surface area contributed by atoms with Gasteiger partial charge in [-0.1, -0.05) is 0 Å². The zero-order valence-corrected chi connectivity index (χ0v) is 22.0. The first-order valence-corrected chi connectivity index (χ1v) is 12.2. The summed E-state index contributed by atoms with van der Waals surface area (Å²) in [5.41, 5.74) is 5.45. The molecular formula is C26H24FN9O4. The van der Waals surface area contributed by atoms with Crippen molar-refractivity contribution in [2.24, 2.45) is 12.8 Å². The molecule has 3 N–H and O–H groups in total. The molecular weight excluding hydrogens is 521 g/mol. The van der Waals surface area contributed by atoms with Gasteiger partial charge in [-0.2, -0.15) is 9.61 Å². The molecule has 3 aromatic heterocycles. The number of primary amides is 1. The number of fused-ring (bicyclic) bond motifs is 1. The molecule has 0 spiro atoms. The third-order valence-corrected chi connectivity index (χ3v) is 6.39. The fraction of sp³-hybridized carbons (Fsp3) is 0.192. The van der Waals surface area contributed by atoms with Gasteiger partial charge in [-0.3, -0.25) is 14.4 Å². The lowest BCUT2D eigenvalue weighted by Crippen LogP contribution is -2.25. The van der Waals surface area contributed by atoms with E-state index in [9.17, 15) is 23.6 Å². The quantitative estimate of drug-likeness (QED) is 0.327. The van der Waals surface area contributed by atoms with Crippen LogP contribution in [0.15, 0.2) is 52.1 Å². The number of carbonyl (C=O) groups is 2. The fourth-order valence-electron chi connectivity index (χ4n) is 4.49. The summed E-state index contributed by atoms with van der Waals surface area (Å²) in [7, 11) is 1.57. The Labute approximate surface area is 225 Å². The number of nitrogens with two attached hydrogens (primary N) is 1. The van der Waals surface area contributed by atoms with Gasteiger partial charge in [0.25, 0.3) is 17.4 Å². The molecule has 13 nitrogen and oxygen atoms in total. The van der Waals surface area contributed by atoms with Crippen molar-refractivity contribution in [2.45, 2.75) is 27.3 Å². The summed E-state index contributed by atoms with van der Waals surface area (Å²) in [4.78, 5) is 54.6. The number of aryl methyl sites for hydroxylation is 4. The van der Waals surface area contributed by atoms with Gasteiger partial charge in [0.1, 0.15) is 17.3 Å². The molecule has 0 unspecified atom stereocenters. The Morgan fingerprint density at radius 3 is 2.35 bits per heavy atom. The Hall–Kier alpha value is -5.40. The summed E-state index contributed by atoms with van der Waals surface area (Å²) >= 11 is 0. The molecule has 0 bridgehead atoms. The number of hydrogen-bond acceptors (Lipinski definition) is 7. The summed E-state index contributed by atoms with van der Waals surface area (Å²) in [5.74, 6) is -1.60. The topological polar surface area (TPSA) is 164 Å². The highest BCUT2D eigenvalue weighted by Gasteiger charge is 2.24. The summed E-state index contributed by atoms with van der Waals surface area (Å²) in [5, 5.41) is 11.2. The van der Waals surface area contributed by atoms with Gasteiger partial charge < -0.3 is 15.6 Å².